The zero-order valence-corrected chi connectivity index (χ0v) is 11.8. The van der Waals surface area contributed by atoms with E-state index in [1.807, 2.05) is 0 Å². The van der Waals surface area contributed by atoms with Gasteiger partial charge in [-0.05, 0) is 40.8 Å². The lowest BCUT2D eigenvalue weighted by Crippen LogP contribution is -2.13. The summed E-state index contributed by atoms with van der Waals surface area (Å²) in [5.41, 5.74) is 0.177. The summed E-state index contributed by atoms with van der Waals surface area (Å²) in [5.74, 6) is -0.271. The van der Waals surface area contributed by atoms with E-state index < -0.39 is 5.91 Å². The number of nitrogens with zero attached hydrogens (tertiary/aromatic N) is 2. The summed E-state index contributed by atoms with van der Waals surface area (Å²) in [6.45, 7) is 0. The maximum atomic E-state index is 11.9. The predicted molar refractivity (Wildman–Crippen MR) is 75.8 cm³/mol. The monoisotopic (exact) mass is 375 g/mol. The molecule has 0 bridgehead atoms. The maximum absolute atomic E-state index is 11.9. The average Bonchev–Trinajstić information content (AvgIpc) is 2.32. The second-order valence-electron chi connectivity index (χ2n) is 3.34. The topological polar surface area (TPSA) is 75.1 Å². The second kappa shape index (κ2) is 5.49. The summed E-state index contributed by atoms with van der Waals surface area (Å²) in [5, 5.41) is 12.4. The zero-order chi connectivity index (χ0) is 13.1. The third-order valence-electron chi connectivity index (χ3n) is 2.08. The lowest BCUT2D eigenvalue weighted by atomic mass is 10.2. The summed E-state index contributed by atoms with van der Waals surface area (Å²) in [7, 11) is 0. The Bertz CT molecular complexity index is 607. The molecule has 0 fully saturated rings. The summed E-state index contributed by atoms with van der Waals surface area (Å²) in [6.07, 6.45) is 1.24. The molecule has 5 nitrogen and oxygen atoms in total. The lowest BCUT2D eigenvalue weighted by Gasteiger charge is -2.06. The van der Waals surface area contributed by atoms with Gasteiger partial charge in [-0.15, -0.1) is 0 Å². The molecule has 1 aromatic carbocycles. The van der Waals surface area contributed by atoms with E-state index >= 15 is 0 Å². The molecule has 0 radical (unpaired) electrons. The number of rotatable bonds is 2. The van der Waals surface area contributed by atoms with Crippen LogP contribution in [0.3, 0.4) is 0 Å². The van der Waals surface area contributed by atoms with Crippen molar-refractivity contribution in [3.05, 3.63) is 44.9 Å². The molecule has 0 spiro atoms. The third kappa shape index (κ3) is 3.08. The van der Waals surface area contributed by atoms with E-state index in [2.05, 4.69) is 37.9 Å². The molecule has 2 aromatic rings. The minimum atomic E-state index is -0.458. The summed E-state index contributed by atoms with van der Waals surface area (Å²) >= 11 is 7.73. The molecule has 92 valence electrons. The molecule has 1 heterocycles. The Morgan fingerprint density at radius 1 is 1.33 bits per heavy atom. The molecule has 0 aliphatic heterocycles. The van der Waals surface area contributed by atoms with Gasteiger partial charge in [0.15, 0.2) is 0 Å². The van der Waals surface area contributed by atoms with Gasteiger partial charge in [0.1, 0.15) is 23.0 Å². The van der Waals surface area contributed by atoms with Crippen molar-refractivity contribution in [2.75, 3.05) is 5.32 Å². The number of hydrogen-bond donors (Lipinski definition) is 2. The molecule has 18 heavy (non-hydrogen) atoms. The van der Waals surface area contributed by atoms with Crippen LogP contribution in [0, 0.1) is 3.57 Å². The number of nitrogens with one attached hydrogen (secondary N) is 1. The Morgan fingerprint density at radius 3 is 2.83 bits per heavy atom. The molecule has 2 N–H and O–H groups in total. The van der Waals surface area contributed by atoms with Crippen molar-refractivity contribution in [1.82, 2.24) is 9.97 Å². The minimum absolute atomic E-state index is 0.0898. The minimum Gasteiger partial charge on any atom is -0.507 e. The molecule has 7 heteroatoms. The van der Waals surface area contributed by atoms with Gasteiger partial charge in [-0.1, -0.05) is 11.6 Å². The Balaban J connectivity index is 2.24. The van der Waals surface area contributed by atoms with Crippen molar-refractivity contribution in [3.63, 3.8) is 0 Å². The maximum Gasteiger partial charge on any atom is 0.260 e. The highest BCUT2D eigenvalue weighted by Crippen LogP contribution is 2.21. The van der Waals surface area contributed by atoms with Crippen LogP contribution < -0.4 is 5.32 Å². The van der Waals surface area contributed by atoms with Crippen LogP contribution in [0.2, 0.25) is 5.15 Å². The number of phenolic OH excluding ortho intramolecular Hbond substituents is 1. The Labute approximate surface area is 121 Å². The van der Waals surface area contributed by atoms with Gasteiger partial charge in [0, 0.05) is 9.64 Å². The molecular weight excluding hydrogens is 368 g/mol. The van der Waals surface area contributed by atoms with Crippen LogP contribution in [0.5, 0.6) is 5.75 Å². The standard InChI is InChI=1S/C11H7ClIN3O2/c12-9-4-10(15-5-14-9)16-11(18)7-3-6(13)1-2-8(7)17/h1-5,17H,(H,14,15,16,18). The van der Waals surface area contributed by atoms with Crippen molar-refractivity contribution in [2.24, 2.45) is 0 Å². The van der Waals surface area contributed by atoms with E-state index in [0.717, 1.165) is 3.57 Å². The zero-order valence-electron chi connectivity index (χ0n) is 8.89. The van der Waals surface area contributed by atoms with Crippen LogP contribution in [-0.2, 0) is 0 Å². The van der Waals surface area contributed by atoms with E-state index in [0.29, 0.717) is 0 Å². The number of hydrogen-bond acceptors (Lipinski definition) is 4. The molecule has 0 saturated carbocycles. The average molecular weight is 376 g/mol. The van der Waals surface area contributed by atoms with Gasteiger partial charge < -0.3 is 10.4 Å². The van der Waals surface area contributed by atoms with Crippen molar-refractivity contribution in [1.29, 1.82) is 0 Å². The number of aromatic hydroxyl groups is 1. The summed E-state index contributed by atoms with van der Waals surface area (Å²) < 4.78 is 0.844. The smallest absolute Gasteiger partial charge is 0.260 e. The molecule has 1 aromatic heterocycles. The van der Waals surface area contributed by atoms with Gasteiger partial charge in [-0.2, -0.15) is 0 Å². The van der Waals surface area contributed by atoms with Gasteiger partial charge in [0.05, 0.1) is 5.56 Å². The Hall–Kier alpha value is -1.41. The highest BCUT2D eigenvalue weighted by Gasteiger charge is 2.12. The number of benzene rings is 1. The largest absolute Gasteiger partial charge is 0.507 e. The van der Waals surface area contributed by atoms with E-state index in [-0.39, 0.29) is 22.3 Å². The van der Waals surface area contributed by atoms with E-state index in [9.17, 15) is 9.90 Å². The fraction of sp³-hybridized carbons (Fsp3) is 0. The fourth-order valence-corrected chi connectivity index (χ4v) is 1.91. The number of carbonyl (C=O) groups excluding carboxylic acids is 1. The quantitative estimate of drug-likeness (QED) is 0.625. The first kappa shape index (κ1) is 13.0. The first-order chi connectivity index (χ1) is 8.56. The van der Waals surface area contributed by atoms with Crippen molar-refractivity contribution < 1.29 is 9.90 Å². The van der Waals surface area contributed by atoms with Crippen LogP contribution in [-0.4, -0.2) is 21.0 Å². The molecule has 0 aliphatic carbocycles. The van der Waals surface area contributed by atoms with Gasteiger partial charge in [-0.3, -0.25) is 4.79 Å². The molecule has 2 rings (SSSR count). The number of aromatic nitrogens is 2. The Kier molecular flexibility index (Phi) is 3.97. The van der Waals surface area contributed by atoms with Gasteiger partial charge in [0.25, 0.3) is 5.91 Å². The molecule has 0 unspecified atom stereocenters. The number of carbonyl (C=O) groups is 1. The van der Waals surface area contributed by atoms with Crippen molar-refractivity contribution >= 4 is 45.9 Å². The molecule has 1 amide bonds. The lowest BCUT2D eigenvalue weighted by molar-refractivity contribution is 0.102. The van der Waals surface area contributed by atoms with E-state index in [4.69, 9.17) is 11.6 Å². The second-order valence-corrected chi connectivity index (χ2v) is 4.97. The van der Waals surface area contributed by atoms with Gasteiger partial charge >= 0.3 is 0 Å². The van der Waals surface area contributed by atoms with Crippen LogP contribution in [0.15, 0.2) is 30.6 Å². The fourth-order valence-electron chi connectivity index (χ4n) is 1.28. The predicted octanol–water partition coefficient (Wildman–Crippen LogP) is 2.69. The van der Waals surface area contributed by atoms with Crippen LogP contribution >= 0.6 is 34.2 Å². The van der Waals surface area contributed by atoms with Crippen LogP contribution in [0.1, 0.15) is 10.4 Å². The number of amides is 1. The molecule has 0 saturated heterocycles. The first-order valence-corrected chi connectivity index (χ1v) is 6.29. The van der Waals surface area contributed by atoms with Crippen LogP contribution in [0.25, 0.3) is 0 Å². The Morgan fingerprint density at radius 2 is 2.11 bits per heavy atom. The van der Waals surface area contributed by atoms with Crippen LogP contribution in [0.4, 0.5) is 5.82 Å². The normalized spacial score (nSPS) is 10.1. The van der Waals surface area contributed by atoms with Crippen molar-refractivity contribution in [2.45, 2.75) is 0 Å². The third-order valence-corrected chi connectivity index (χ3v) is 2.96. The summed E-state index contributed by atoms with van der Waals surface area (Å²) in [4.78, 5) is 19.5. The van der Waals surface area contributed by atoms with E-state index in [1.165, 1.54) is 18.5 Å². The number of anilines is 1. The highest BCUT2D eigenvalue weighted by atomic mass is 127. The molecule has 0 aliphatic rings. The SMILES string of the molecule is O=C(Nc1cc(Cl)ncn1)c1cc(I)ccc1O. The first-order valence-electron chi connectivity index (χ1n) is 4.83. The van der Waals surface area contributed by atoms with Gasteiger partial charge in [-0.25, -0.2) is 9.97 Å². The molecule has 0 atom stereocenters. The van der Waals surface area contributed by atoms with Crippen molar-refractivity contribution in [3.8, 4) is 5.75 Å². The van der Waals surface area contributed by atoms with Gasteiger partial charge in [0.2, 0.25) is 0 Å². The summed E-state index contributed by atoms with van der Waals surface area (Å²) in [6, 6.07) is 6.16. The van der Waals surface area contributed by atoms with E-state index in [1.54, 1.807) is 12.1 Å². The number of phenols is 1. The molecular formula is C11H7ClIN3O2. The number of halogens is 2. The highest BCUT2D eigenvalue weighted by molar-refractivity contribution is 14.1.